The van der Waals surface area contributed by atoms with Crippen LogP contribution in [0.15, 0.2) is 18.3 Å². The lowest BCUT2D eigenvalue weighted by molar-refractivity contribution is 0.158. The molecule has 0 aliphatic carbocycles. The summed E-state index contributed by atoms with van der Waals surface area (Å²) in [6.45, 7) is 9.05. The molecule has 2 rings (SSSR count). The van der Waals surface area contributed by atoms with Gasteiger partial charge in [0.2, 0.25) is 0 Å². The SMILES string of the molecule is Cc1cccnc1C(NCCN1CCOC1=O)C(C)C. The number of aryl methyl sites for hydroxylation is 1. The maximum atomic E-state index is 11.4. The van der Waals surface area contributed by atoms with E-state index in [0.29, 0.717) is 25.6 Å². The average molecular weight is 277 g/mol. The summed E-state index contributed by atoms with van der Waals surface area (Å²) in [7, 11) is 0. The van der Waals surface area contributed by atoms with E-state index in [9.17, 15) is 4.79 Å². The van der Waals surface area contributed by atoms with Gasteiger partial charge in [-0.25, -0.2) is 4.79 Å². The first-order valence-corrected chi connectivity index (χ1v) is 7.16. The van der Waals surface area contributed by atoms with Crippen LogP contribution in [0, 0.1) is 12.8 Å². The van der Waals surface area contributed by atoms with E-state index in [4.69, 9.17) is 4.74 Å². The van der Waals surface area contributed by atoms with Crippen molar-refractivity contribution >= 4 is 6.09 Å². The van der Waals surface area contributed by atoms with Crippen molar-refractivity contribution in [2.45, 2.75) is 26.8 Å². The molecule has 5 nitrogen and oxygen atoms in total. The number of carbonyl (C=O) groups excluding carboxylic acids is 1. The standard InChI is InChI=1S/C15H23N3O2/c1-11(2)13(14-12(3)5-4-6-16-14)17-7-8-18-9-10-20-15(18)19/h4-6,11,13,17H,7-10H2,1-3H3. The Hall–Kier alpha value is -1.62. The summed E-state index contributed by atoms with van der Waals surface area (Å²) in [5.41, 5.74) is 2.28. The first kappa shape index (κ1) is 14.8. The Morgan fingerprint density at radius 2 is 2.30 bits per heavy atom. The zero-order valence-electron chi connectivity index (χ0n) is 12.4. The lowest BCUT2D eigenvalue weighted by atomic mass is 9.97. The van der Waals surface area contributed by atoms with Gasteiger partial charge < -0.3 is 15.0 Å². The van der Waals surface area contributed by atoms with Gasteiger partial charge in [0, 0.05) is 19.3 Å². The minimum Gasteiger partial charge on any atom is -0.448 e. The van der Waals surface area contributed by atoms with Crippen LogP contribution in [0.4, 0.5) is 4.79 Å². The van der Waals surface area contributed by atoms with Crippen molar-refractivity contribution in [3.8, 4) is 0 Å². The van der Waals surface area contributed by atoms with E-state index < -0.39 is 0 Å². The Balaban J connectivity index is 1.93. The molecule has 0 bridgehead atoms. The van der Waals surface area contributed by atoms with Gasteiger partial charge in [0.1, 0.15) is 6.61 Å². The number of cyclic esters (lactones) is 1. The molecule has 1 aromatic rings. The highest BCUT2D eigenvalue weighted by Crippen LogP contribution is 2.22. The number of rotatable bonds is 6. The molecule has 0 spiro atoms. The fourth-order valence-electron chi connectivity index (χ4n) is 2.46. The maximum absolute atomic E-state index is 11.4. The molecule has 5 heteroatoms. The molecule has 0 saturated carbocycles. The number of pyridine rings is 1. The van der Waals surface area contributed by atoms with Gasteiger partial charge in [0.15, 0.2) is 0 Å². The predicted octanol–water partition coefficient (Wildman–Crippen LogP) is 2.13. The zero-order valence-corrected chi connectivity index (χ0v) is 12.4. The maximum Gasteiger partial charge on any atom is 0.409 e. The third-order valence-electron chi connectivity index (χ3n) is 3.60. The summed E-state index contributed by atoms with van der Waals surface area (Å²) in [5, 5.41) is 3.51. The highest BCUT2D eigenvalue weighted by Gasteiger charge is 2.23. The first-order chi connectivity index (χ1) is 9.59. The van der Waals surface area contributed by atoms with Crippen LogP contribution in [-0.2, 0) is 4.74 Å². The van der Waals surface area contributed by atoms with E-state index in [0.717, 1.165) is 12.2 Å². The summed E-state index contributed by atoms with van der Waals surface area (Å²) >= 11 is 0. The topological polar surface area (TPSA) is 54.5 Å². The largest absolute Gasteiger partial charge is 0.448 e. The number of nitrogens with zero attached hydrogens (tertiary/aromatic N) is 2. The molecule has 1 aliphatic heterocycles. The molecular formula is C15H23N3O2. The minimum absolute atomic E-state index is 0.204. The van der Waals surface area contributed by atoms with E-state index in [1.165, 1.54) is 5.56 Å². The van der Waals surface area contributed by atoms with Gasteiger partial charge in [0.05, 0.1) is 18.3 Å². The van der Waals surface area contributed by atoms with Crippen LogP contribution in [0.1, 0.15) is 31.1 Å². The van der Waals surface area contributed by atoms with Crippen molar-refractivity contribution in [3.63, 3.8) is 0 Å². The number of hydrogen-bond acceptors (Lipinski definition) is 4. The molecule has 0 aromatic carbocycles. The molecular weight excluding hydrogens is 254 g/mol. The van der Waals surface area contributed by atoms with E-state index in [2.05, 4.69) is 37.1 Å². The Kier molecular flexibility index (Phi) is 4.95. The van der Waals surface area contributed by atoms with Crippen LogP contribution in [0.25, 0.3) is 0 Å². The molecule has 1 fully saturated rings. The molecule has 1 aromatic heterocycles. The van der Waals surface area contributed by atoms with Gasteiger partial charge >= 0.3 is 6.09 Å². The molecule has 1 aliphatic rings. The van der Waals surface area contributed by atoms with Crippen LogP contribution in [0.2, 0.25) is 0 Å². The van der Waals surface area contributed by atoms with Crippen molar-refractivity contribution in [2.24, 2.45) is 5.92 Å². The summed E-state index contributed by atoms with van der Waals surface area (Å²) in [6, 6.07) is 4.24. The summed E-state index contributed by atoms with van der Waals surface area (Å²) in [4.78, 5) is 17.6. The monoisotopic (exact) mass is 277 g/mol. The van der Waals surface area contributed by atoms with E-state index in [-0.39, 0.29) is 12.1 Å². The average Bonchev–Trinajstić information content (AvgIpc) is 2.81. The number of hydrogen-bond donors (Lipinski definition) is 1. The molecule has 2 heterocycles. The molecule has 1 N–H and O–H groups in total. The number of carbonyl (C=O) groups is 1. The number of aromatic nitrogens is 1. The highest BCUT2D eigenvalue weighted by atomic mass is 16.6. The van der Waals surface area contributed by atoms with Crippen molar-refractivity contribution in [1.29, 1.82) is 0 Å². The van der Waals surface area contributed by atoms with Gasteiger partial charge in [-0.05, 0) is 24.5 Å². The van der Waals surface area contributed by atoms with E-state index >= 15 is 0 Å². The number of amides is 1. The smallest absolute Gasteiger partial charge is 0.409 e. The highest BCUT2D eigenvalue weighted by molar-refractivity contribution is 5.69. The second-order valence-corrected chi connectivity index (χ2v) is 5.48. The Morgan fingerprint density at radius 3 is 2.90 bits per heavy atom. The van der Waals surface area contributed by atoms with Crippen LogP contribution >= 0.6 is 0 Å². The zero-order chi connectivity index (χ0) is 14.5. The lowest BCUT2D eigenvalue weighted by Gasteiger charge is -2.24. The van der Waals surface area contributed by atoms with Crippen LogP contribution in [0.3, 0.4) is 0 Å². The predicted molar refractivity (Wildman–Crippen MR) is 77.5 cm³/mol. The third kappa shape index (κ3) is 3.48. The quantitative estimate of drug-likeness (QED) is 0.865. The Bertz CT molecular complexity index is 462. The Morgan fingerprint density at radius 1 is 1.50 bits per heavy atom. The second kappa shape index (κ2) is 6.70. The molecule has 110 valence electrons. The fourth-order valence-corrected chi connectivity index (χ4v) is 2.46. The normalized spacial score (nSPS) is 16.6. The molecule has 1 atom stereocenters. The summed E-state index contributed by atoms with van der Waals surface area (Å²) in [5.74, 6) is 0.439. The van der Waals surface area contributed by atoms with Crippen molar-refractivity contribution in [3.05, 3.63) is 29.6 Å². The third-order valence-corrected chi connectivity index (χ3v) is 3.60. The minimum atomic E-state index is -0.207. The van der Waals surface area contributed by atoms with Crippen LogP contribution in [0.5, 0.6) is 0 Å². The summed E-state index contributed by atoms with van der Waals surface area (Å²) < 4.78 is 4.92. The number of ether oxygens (including phenoxy) is 1. The molecule has 1 saturated heterocycles. The van der Waals surface area contributed by atoms with Crippen molar-refractivity contribution < 1.29 is 9.53 Å². The van der Waals surface area contributed by atoms with Gasteiger partial charge in [-0.1, -0.05) is 19.9 Å². The van der Waals surface area contributed by atoms with Crippen LogP contribution < -0.4 is 5.32 Å². The van der Waals surface area contributed by atoms with E-state index in [1.807, 2.05) is 12.3 Å². The lowest BCUT2D eigenvalue weighted by Crippen LogP contribution is -2.36. The molecule has 0 radical (unpaired) electrons. The van der Waals surface area contributed by atoms with Gasteiger partial charge in [0.25, 0.3) is 0 Å². The number of nitrogens with one attached hydrogen (secondary N) is 1. The van der Waals surface area contributed by atoms with Crippen LogP contribution in [-0.4, -0.2) is 42.2 Å². The molecule has 1 amide bonds. The van der Waals surface area contributed by atoms with Gasteiger partial charge in [-0.15, -0.1) is 0 Å². The first-order valence-electron chi connectivity index (χ1n) is 7.16. The van der Waals surface area contributed by atoms with Crippen molar-refractivity contribution in [2.75, 3.05) is 26.2 Å². The fraction of sp³-hybridized carbons (Fsp3) is 0.600. The van der Waals surface area contributed by atoms with Gasteiger partial charge in [-0.2, -0.15) is 0 Å². The molecule has 20 heavy (non-hydrogen) atoms. The molecule has 1 unspecified atom stereocenters. The van der Waals surface area contributed by atoms with Crippen molar-refractivity contribution in [1.82, 2.24) is 15.2 Å². The Labute approximate surface area is 120 Å². The summed E-state index contributed by atoms with van der Waals surface area (Å²) in [6.07, 6.45) is 1.62. The van der Waals surface area contributed by atoms with Gasteiger partial charge in [-0.3, -0.25) is 4.98 Å². The van der Waals surface area contributed by atoms with E-state index in [1.54, 1.807) is 4.90 Å². The second-order valence-electron chi connectivity index (χ2n) is 5.48.